The molecule has 0 amide bonds. The third-order valence-corrected chi connectivity index (χ3v) is 5.11. The third kappa shape index (κ3) is 2.39. The second-order valence-electron chi connectivity index (χ2n) is 6.44. The van der Waals surface area contributed by atoms with Crippen LogP contribution in [0.15, 0.2) is 18.3 Å². The number of aromatic nitrogens is 2. The molecular formula is C17H23N3O2. The molecule has 1 unspecified atom stereocenters. The van der Waals surface area contributed by atoms with Gasteiger partial charge in [0.05, 0.1) is 11.1 Å². The quantitative estimate of drug-likeness (QED) is 0.947. The topological polar surface area (TPSA) is 57.8 Å². The van der Waals surface area contributed by atoms with Gasteiger partial charge in [0.15, 0.2) is 0 Å². The van der Waals surface area contributed by atoms with E-state index in [-0.39, 0.29) is 0 Å². The minimum atomic E-state index is -0.871. The maximum Gasteiger partial charge on any atom is 0.338 e. The number of hydrogen-bond acceptors (Lipinski definition) is 3. The molecule has 1 fully saturated rings. The Hall–Kier alpha value is -1.88. The monoisotopic (exact) mass is 301 g/mol. The van der Waals surface area contributed by atoms with Crippen molar-refractivity contribution in [1.29, 1.82) is 0 Å². The largest absolute Gasteiger partial charge is 0.478 e. The van der Waals surface area contributed by atoms with Crippen LogP contribution >= 0.6 is 0 Å². The van der Waals surface area contributed by atoms with Crippen LogP contribution in [0.4, 0.5) is 0 Å². The van der Waals surface area contributed by atoms with Gasteiger partial charge >= 0.3 is 5.97 Å². The number of hydrogen-bond donors (Lipinski definition) is 1. The second-order valence-corrected chi connectivity index (χ2v) is 6.44. The molecule has 0 spiro atoms. The van der Waals surface area contributed by atoms with Crippen LogP contribution in [0.3, 0.4) is 0 Å². The van der Waals surface area contributed by atoms with Crippen molar-refractivity contribution in [1.82, 2.24) is 14.5 Å². The molecular weight excluding hydrogens is 278 g/mol. The van der Waals surface area contributed by atoms with Gasteiger partial charge < -0.3 is 10.0 Å². The molecule has 1 aliphatic rings. The van der Waals surface area contributed by atoms with Gasteiger partial charge in [-0.05, 0) is 63.5 Å². The van der Waals surface area contributed by atoms with Crippen molar-refractivity contribution in [2.75, 3.05) is 20.1 Å². The molecule has 118 valence electrons. The van der Waals surface area contributed by atoms with Crippen molar-refractivity contribution in [2.45, 2.75) is 32.6 Å². The van der Waals surface area contributed by atoms with E-state index < -0.39 is 5.97 Å². The number of fused-ring (bicyclic) bond motifs is 1. The van der Waals surface area contributed by atoms with E-state index in [0.29, 0.717) is 22.9 Å². The lowest BCUT2D eigenvalue weighted by molar-refractivity contribution is 0.0698. The van der Waals surface area contributed by atoms with Crippen molar-refractivity contribution in [3.05, 3.63) is 35.2 Å². The van der Waals surface area contributed by atoms with Crippen LogP contribution in [0, 0.1) is 12.8 Å². The Labute approximate surface area is 130 Å². The molecule has 5 nitrogen and oxygen atoms in total. The molecule has 0 aliphatic carbocycles. The molecule has 1 aliphatic heterocycles. The lowest BCUT2D eigenvalue weighted by atomic mass is 9.82. The predicted molar refractivity (Wildman–Crippen MR) is 85.5 cm³/mol. The molecule has 2 aromatic rings. The summed E-state index contributed by atoms with van der Waals surface area (Å²) in [5, 5.41) is 14.0. The first-order valence-electron chi connectivity index (χ1n) is 7.88. The zero-order valence-corrected chi connectivity index (χ0v) is 13.4. The fraction of sp³-hybridized carbons (Fsp3) is 0.529. The summed E-state index contributed by atoms with van der Waals surface area (Å²) >= 11 is 0. The zero-order valence-electron chi connectivity index (χ0n) is 13.4. The van der Waals surface area contributed by atoms with Gasteiger partial charge in [0.25, 0.3) is 0 Å². The van der Waals surface area contributed by atoms with Gasteiger partial charge in [0.2, 0.25) is 0 Å². The Morgan fingerprint density at radius 2 is 2.09 bits per heavy atom. The summed E-state index contributed by atoms with van der Waals surface area (Å²) in [6.07, 6.45) is 4.03. The van der Waals surface area contributed by atoms with Crippen molar-refractivity contribution in [3.63, 3.8) is 0 Å². The highest BCUT2D eigenvalue weighted by Crippen LogP contribution is 2.36. The maximum atomic E-state index is 11.6. The van der Waals surface area contributed by atoms with E-state index in [2.05, 4.69) is 24.0 Å². The standard InChI is InChI=1S/C17H23N3O2/c1-11(13-6-9-19(3)10-7-13)16-12(2)15(17(21)22)14-5-4-8-18-20(14)16/h4-5,8,11,13H,6-7,9-10H2,1-3H3,(H,21,22). The van der Waals surface area contributed by atoms with Gasteiger partial charge in [-0.15, -0.1) is 0 Å². The second kappa shape index (κ2) is 5.72. The lowest BCUT2D eigenvalue weighted by Crippen LogP contribution is -2.32. The number of piperidine rings is 1. The number of nitrogens with zero attached hydrogens (tertiary/aromatic N) is 3. The average molecular weight is 301 g/mol. The highest BCUT2D eigenvalue weighted by molar-refractivity contribution is 5.98. The Balaban J connectivity index is 2.06. The average Bonchev–Trinajstić information content (AvgIpc) is 2.79. The first-order chi connectivity index (χ1) is 10.5. The van der Waals surface area contributed by atoms with E-state index in [1.54, 1.807) is 12.3 Å². The Morgan fingerprint density at radius 1 is 1.41 bits per heavy atom. The first-order valence-corrected chi connectivity index (χ1v) is 7.88. The number of rotatable bonds is 3. The summed E-state index contributed by atoms with van der Waals surface area (Å²) in [5.74, 6) is 0.0191. The normalized spacial score (nSPS) is 18.7. The molecule has 22 heavy (non-hydrogen) atoms. The molecule has 3 rings (SSSR count). The number of carboxylic acid groups (broad SMARTS) is 1. The Morgan fingerprint density at radius 3 is 2.73 bits per heavy atom. The number of aromatic carboxylic acids is 1. The Kier molecular flexibility index (Phi) is 3.91. The molecule has 0 aromatic carbocycles. The van der Waals surface area contributed by atoms with Gasteiger partial charge in [-0.2, -0.15) is 5.10 Å². The summed E-state index contributed by atoms with van der Waals surface area (Å²) in [6.45, 7) is 6.34. The van der Waals surface area contributed by atoms with Gasteiger partial charge in [-0.1, -0.05) is 6.92 Å². The molecule has 1 N–H and O–H groups in total. The van der Waals surface area contributed by atoms with Crippen LogP contribution in [0.5, 0.6) is 0 Å². The molecule has 1 atom stereocenters. The van der Waals surface area contributed by atoms with Crippen LogP contribution < -0.4 is 0 Å². The zero-order chi connectivity index (χ0) is 15.9. The fourth-order valence-corrected chi connectivity index (χ4v) is 3.79. The van der Waals surface area contributed by atoms with Crippen molar-refractivity contribution in [3.8, 4) is 0 Å². The fourth-order valence-electron chi connectivity index (χ4n) is 3.79. The minimum absolute atomic E-state index is 0.309. The van der Waals surface area contributed by atoms with Gasteiger partial charge in [0.1, 0.15) is 0 Å². The van der Waals surface area contributed by atoms with Gasteiger partial charge in [-0.25, -0.2) is 9.31 Å². The maximum absolute atomic E-state index is 11.6. The van der Waals surface area contributed by atoms with E-state index in [4.69, 9.17) is 0 Å². The summed E-state index contributed by atoms with van der Waals surface area (Å²) in [5.41, 5.74) is 3.00. The SMILES string of the molecule is Cc1c(C(=O)O)c2cccnn2c1C(C)C1CCN(C)CC1. The smallest absolute Gasteiger partial charge is 0.338 e. The highest BCUT2D eigenvalue weighted by Gasteiger charge is 2.30. The number of likely N-dealkylation sites (tertiary alicyclic amines) is 1. The van der Waals surface area contributed by atoms with Crippen LogP contribution in [0.2, 0.25) is 0 Å². The first kappa shape index (κ1) is 15.0. The van der Waals surface area contributed by atoms with Gasteiger partial charge in [-0.3, -0.25) is 0 Å². The lowest BCUT2D eigenvalue weighted by Gasteiger charge is -2.33. The highest BCUT2D eigenvalue weighted by atomic mass is 16.4. The molecule has 0 bridgehead atoms. The van der Waals surface area contributed by atoms with Crippen LogP contribution in [0.25, 0.3) is 5.52 Å². The van der Waals surface area contributed by atoms with Crippen LogP contribution in [0.1, 0.15) is 47.3 Å². The molecule has 2 aromatic heterocycles. The van der Waals surface area contributed by atoms with Crippen molar-refractivity contribution >= 4 is 11.5 Å². The summed E-state index contributed by atoms with van der Waals surface area (Å²) in [7, 11) is 2.16. The minimum Gasteiger partial charge on any atom is -0.478 e. The van der Waals surface area contributed by atoms with Gasteiger partial charge in [0, 0.05) is 17.8 Å². The van der Waals surface area contributed by atoms with E-state index >= 15 is 0 Å². The molecule has 0 saturated carbocycles. The summed E-state index contributed by atoms with van der Waals surface area (Å²) in [6, 6.07) is 3.64. The number of carboxylic acids is 1. The molecule has 5 heteroatoms. The van der Waals surface area contributed by atoms with E-state index in [1.165, 1.54) is 0 Å². The third-order valence-electron chi connectivity index (χ3n) is 5.11. The van der Waals surface area contributed by atoms with Crippen LogP contribution in [-0.4, -0.2) is 45.7 Å². The predicted octanol–water partition coefficient (Wildman–Crippen LogP) is 2.79. The van der Waals surface area contributed by atoms with Crippen molar-refractivity contribution < 1.29 is 9.90 Å². The number of carbonyl (C=O) groups is 1. The molecule has 0 radical (unpaired) electrons. The van der Waals surface area contributed by atoms with E-state index in [0.717, 1.165) is 37.2 Å². The summed E-state index contributed by atoms with van der Waals surface area (Å²) in [4.78, 5) is 14.0. The van der Waals surface area contributed by atoms with Crippen molar-refractivity contribution in [2.24, 2.45) is 5.92 Å². The van der Waals surface area contributed by atoms with E-state index in [1.807, 2.05) is 17.5 Å². The van der Waals surface area contributed by atoms with Crippen LogP contribution in [-0.2, 0) is 0 Å². The molecule has 1 saturated heterocycles. The summed E-state index contributed by atoms with van der Waals surface area (Å²) < 4.78 is 1.84. The Bertz CT molecular complexity index is 699. The molecule has 3 heterocycles. The van der Waals surface area contributed by atoms with E-state index in [9.17, 15) is 9.90 Å².